The number of aldehydes is 1. The Bertz CT molecular complexity index is 593. The van der Waals surface area contributed by atoms with Crippen LogP contribution in [0.2, 0.25) is 0 Å². The molecule has 0 saturated heterocycles. The predicted octanol–water partition coefficient (Wildman–Crippen LogP) is 2.59. The van der Waals surface area contributed by atoms with E-state index in [9.17, 15) is 4.79 Å². The molecule has 0 bridgehead atoms. The number of rotatable bonds is 6. The van der Waals surface area contributed by atoms with E-state index in [1.165, 1.54) is 7.11 Å². The van der Waals surface area contributed by atoms with E-state index in [1.807, 2.05) is 13.8 Å². The lowest BCUT2D eigenvalue weighted by molar-refractivity contribution is 0.111. The van der Waals surface area contributed by atoms with E-state index >= 15 is 0 Å². The first-order valence-corrected chi connectivity index (χ1v) is 6.22. The molecule has 6 heteroatoms. The fraction of sp³-hybridized carbons (Fsp3) is 0.357. The van der Waals surface area contributed by atoms with Gasteiger partial charge in [0.1, 0.15) is 11.5 Å². The van der Waals surface area contributed by atoms with Gasteiger partial charge in [-0.3, -0.25) is 4.79 Å². The van der Waals surface area contributed by atoms with Crippen LogP contribution in [0.25, 0.3) is 0 Å². The van der Waals surface area contributed by atoms with Gasteiger partial charge in [0.2, 0.25) is 0 Å². The largest absolute Gasteiger partial charge is 0.497 e. The van der Waals surface area contributed by atoms with E-state index in [2.05, 4.69) is 10.1 Å². The summed E-state index contributed by atoms with van der Waals surface area (Å²) in [5, 5.41) is 3.84. The van der Waals surface area contributed by atoms with Gasteiger partial charge in [0.05, 0.1) is 12.7 Å². The Morgan fingerprint density at radius 3 is 2.80 bits per heavy atom. The number of carbonyl (C=O) groups is 1. The van der Waals surface area contributed by atoms with Crippen molar-refractivity contribution in [1.29, 1.82) is 0 Å². The molecular weight excluding hydrogens is 260 g/mol. The number of carbonyl (C=O) groups excluding carboxylic acids is 1. The number of benzene rings is 1. The monoisotopic (exact) mass is 276 g/mol. The van der Waals surface area contributed by atoms with Gasteiger partial charge in [-0.15, -0.1) is 0 Å². The minimum Gasteiger partial charge on any atom is -0.497 e. The standard InChI is InChI=1S/C14H16N2O4/c1-9(2)14-15-13(20-16-14)8-19-12-5-4-11(18-3)6-10(12)7-17/h4-7,9H,8H2,1-3H3. The molecule has 2 rings (SSSR count). The van der Waals surface area contributed by atoms with Crippen molar-refractivity contribution < 1.29 is 18.8 Å². The molecule has 0 aliphatic carbocycles. The minimum atomic E-state index is 0.118. The molecule has 0 aliphatic heterocycles. The highest BCUT2D eigenvalue weighted by molar-refractivity contribution is 5.80. The Labute approximate surface area is 116 Å². The fourth-order valence-corrected chi connectivity index (χ4v) is 1.58. The zero-order chi connectivity index (χ0) is 14.5. The molecule has 0 atom stereocenters. The van der Waals surface area contributed by atoms with Crippen LogP contribution in [0.3, 0.4) is 0 Å². The number of ether oxygens (including phenoxy) is 2. The van der Waals surface area contributed by atoms with Crippen molar-refractivity contribution in [3.63, 3.8) is 0 Å². The van der Waals surface area contributed by atoms with Crippen molar-refractivity contribution in [2.75, 3.05) is 7.11 Å². The summed E-state index contributed by atoms with van der Waals surface area (Å²) < 4.78 is 15.6. The third kappa shape index (κ3) is 3.14. The Hall–Kier alpha value is -2.37. The van der Waals surface area contributed by atoms with E-state index in [4.69, 9.17) is 14.0 Å². The lowest BCUT2D eigenvalue weighted by Crippen LogP contribution is -1.99. The van der Waals surface area contributed by atoms with Crippen LogP contribution in [0.15, 0.2) is 22.7 Å². The Kier molecular flexibility index (Phi) is 4.34. The van der Waals surface area contributed by atoms with E-state index < -0.39 is 0 Å². The van der Waals surface area contributed by atoms with Crippen LogP contribution in [0, 0.1) is 0 Å². The van der Waals surface area contributed by atoms with Gasteiger partial charge in [0, 0.05) is 5.92 Å². The topological polar surface area (TPSA) is 74.5 Å². The van der Waals surface area contributed by atoms with E-state index in [-0.39, 0.29) is 12.5 Å². The molecule has 106 valence electrons. The molecule has 1 aromatic carbocycles. The number of hydrogen-bond donors (Lipinski definition) is 0. The maximum Gasteiger partial charge on any atom is 0.264 e. The van der Waals surface area contributed by atoms with Crippen molar-refractivity contribution in [2.45, 2.75) is 26.4 Å². The van der Waals surface area contributed by atoms with E-state index in [0.29, 0.717) is 35.1 Å². The third-order valence-corrected chi connectivity index (χ3v) is 2.70. The summed E-state index contributed by atoms with van der Waals surface area (Å²) in [6, 6.07) is 4.99. The van der Waals surface area contributed by atoms with E-state index in [0.717, 1.165) is 0 Å². The molecule has 6 nitrogen and oxygen atoms in total. The lowest BCUT2D eigenvalue weighted by Gasteiger charge is -2.07. The van der Waals surface area contributed by atoms with Crippen LogP contribution in [0.1, 0.15) is 41.8 Å². The average molecular weight is 276 g/mol. The first-order valence-electron chi connectivity index (χ1n) is 6.22. The number of aromatic nitrogens is 2. The lowest BCUT2D eigenvalue weighted by atomic mass is 10.2. The molecule has 0 radical (unpaired) electrons. The van der Waals surface area contributed by atoms with Crippen LogP contribution >= 0.6 is 0 Å². The summed E-state index contributed by atoms with van der Waals surface area (Å²) >= 11 is 0. The molecule has 1 aromatic heterocycles. The first-order chi connectivity index (χ1) is 9.63. The Morgan fingerprint density at radius 2 is 2.20 bits per heavy atom. The molecule has 1 heterocycles. The van der Waals surface area contributed by atoms with Crippen molar-refractivity contribution in [2.24, 2.45) is 0 Å². The quantitative estimate of drug-likeness (QED) is 0.755. The zero-order valence-corrected chi connectivity index (χ0v) is 11.6. The van der Waals surface area contributed by atoms with Gasteiger partial charge in [0.15, 0.2) is 18.7 Å². The molecular formula is C14H16N2O4. The summed E-state index contributed by atoms with van der Waals surface area (Å²) in [4.78, 5) is 15.2. The summed E-state index contributed by atoms with van der Waals surface area (Å²) in [5.41, 5.74) is 0.410. The molecule has 0 N–H and O–H groups in total. The third-order valence-electron chi connectivity index (χ3n) is 2.70. The van der Waals surface area contributed by atoms with Crippen LogP contribution in [-0.2, 0) is 6.61 Å². The summed E-state index contributed by atoms with van der Waals surface area (Å²) in [6.45, 7) is 4.07. The molecule has 0 unspecified atom stereocenters. The SMILES string of the molecule is COc1ccc(OCc2nc(C(C)C)no2)c(C=O)c1. The van der Waals surface area contributed by atoms with Crippen molar-refractivity contribution in [3.8, 4) is 11.5 Å². The molecule has 2 aromatic rings. The predicted molar refractivity (Wildman–Crippen MR) is 71.1 cm³/mol. The molecule has 0 saturated carbocycles. The van der Waals surface area contributed by atoms with Crippen molar-refractivity contribution in [1.82, 2.24) is 10.1 Å². The van der Waals surface area contributed by atoms with Crippen LogP contribution in [0.4, 0.5) is 0 Å². The Balaban J connectivity index is 2.08. The highest BCUT2D eigenvalue weighted by atomic mass is 16.5. The first kappa shape index (κ1) is 14.0. The van der Waals surface area contributed by atoms with Gasteiger partial charge in [-0.1, -0.05) is 19.0 Å². The normalized spacial score (nSPS) is 10.6. The average Bonchev–Trinajstić information content (AvgIpc) is 2.94. The molecule has 0 amide bonds. The molecule has 0 fully saturated rings. The van der Waals surface area contributed by atoms with Gasteiger partial charge in [-0.05, 0) is 18.2 Å². The molecule has 0 aliphatic rings. The zero-order valence-electron chi connectivity index (χ0n) is 11.6. The number of hydrogen-bond acceptors (Lipinski definition) is 6. The highest BCUT2D eigenvalue weighted by Crippen LogP contribution is 2.23. The highest BCUT2D eigenvalue weighted by Gasteiger charge is 2.11. The maximum absolute atomic E-state index is 11.0. The van der Waals surface area contributed by atoms with Crippen molar-refractivity contribution in [3.05, 3.63) is 35.5 Å². The second-order valence-electron chi connectivity index (χ2n) is 4.51. The second-order valence-corrected chi connectivity index (χ2v) is 4.51. The maximum atomic E-state index is 11.0. The van der Waals surface area contributed by atoms with Gasteiger partial charge >= 0.3 is 0 Å². The van der Waals surface area contributed by atoms with Crippen LogP contribution in [-0.4, -0.2) is 23.5 Å². The Morgan fingerprint density at radius 1 is 1.40 bits per heavy atom. The van der Waals surface area contributed by atoms with Crippen molar-refractivity contribution >= 4 is 6.29 Å². The van der Waals surface area contributed by atoms with Crippen LogP contribution in [0.5, 0.6) is 11.5 Å². The summed E-state index contributed by atoms with van der Waals surface area (Å²) in [7, 11) is 1.54. The number of nitrogens with zero attached hydrogens (tertiary/aromatic N) is 2. The second kappa shape index (κ2) is 6.18. The number of methoxy groups -OCH3 is 1. The van der Waals surface area contributed by atoms with Crippen LogP contribution < -0.4 is 9.47 Å². The van der Waals surface area contributed by atoms with Gasteiger partial charge in [-0.25, -0.2) is 0 Å². The van der Waals surface area contributed by atoms with Gasteiger partial charge < -0.3 is 14.0 Å². The fourth-order valence-electron chi connectivity index (χ4n) is 1.58. The smallest absolute Gasteiger partial charge is 0.264 e. The van der Waals surface area contributed by atoms with Gasteiger partial charge in [-0.2, -0.15) is 4.98 Å². The van der Waals surface area contributed by atoms with E-state index in [1.54, 1.807) is 18.2 Å². The molecule has 20 heavy (non-hydrogen) atoms. The molecule has 0 spiro atoms. The van der Waals surface area contributed by atoms with Gasteiger partial charge in [0.25, 0.3) is 5.89 Å². The summed E-state index contributed by atoms with van der Waals surface area (Å²) in [6.07, 6.45) is 0.714. The minimum absolute atomic E-state index is 0.118. The summed E-state index contributed by atoms with van der Waals surface area (Å²) in [5.74, 6) is 2.25.